The molecular weight excluding hydrogens is 258 g/mol. The smallest absolute Gasteiger partial charge is 0.118 e. The number of ether oxygens (including phenoxy) is 1. The molecule has 19 heavy (non-hydrogen) atoms. The fourth-order valence-corrected chi connectivity index (χ4v) is 1.95. The van der Waals surface area contributed by atoms with E-state index in [1.54, 1.807) is 7.11 Å². The Balaban J connectivity index is 0.00000180. The van der Waals surface area contributed by atoms with Crippen LogP contribution in [-0.4, -0.2) is 13.7 Å². The lowest BCUT2D eigenvalue weighted by atomic mass is 10.0. The number of methoxy groups -OCH3 is 1. The molecule has 3 heteroatoms. The summed E-state index contributed by atoms with van der Waals surface area (Å²) in [7, 11) is 1.68. The Hall–Kier alpha value is -1.51. The molecule has 102 valence electrons. The van der Waals surface area contributed by atoms with Crippen molar-refractivity contribution < 1.29 is 4.74 Å². The van der Waals surface area contributed by atoms with E-state index in [0.29, 0.717) is 0 Å². The molecule has 0 aliphatic heterocycles. The topological polar surface area (TPSA) is 35.2 Å². The molecule has 0 aliphatic rings. The van der Waals surface area contributed by atoms with Gasteiger partial charge in [-0.25, -0.2) is 0 Å². The lowest BCUT2D eigenvalue weighted by Crippen LogP contribution is -2.00. The molecule has 0 spiro atoms. The van der Waals surface area contributed by atoms with Crippen LogP contribution in [0.3, 0.4) is 0 Å². The fourth-order valence-electron chi connectivity index (χ4n) is 1.95. The van der Waals surface area contributed by atoms with Gasteiger partial charge >= 0.3 is 0 Å². The van der Waals surface area contributed by atoms with E-state index in [-0.39, 0.29) is 12.4 Å². The van der Waals surface area contributed by atoms with Gasteiger partial charge in [0.05, 0.1) is 7.11 Å². The minimum atomic E-state index is 0. The van der Waals surface area contributed by atoms with Crippen molar-refractivity contribution in [3.63, 3.8) is 0 Å². The van der Waals surface area contributed by atoms with Gasteiger partial charge in [-0.15, -0.1) is 12.4 Å². The first-order valence-corrected chi connectivity index (χ1v) is 6.27. The maximum atomic E-state index is 5.51. The fraction of sp³-hybridized carbons (Fsp3) is 0.250. The van der Waals surface area contributed by atoms with E-state index < -0.39 is 0 Å². The third-order valence-corrected chi connectivity index (χ3v) is 3.05. The summed E-state index contributed by atoms with van der Waals surface area (Å²) in [5, 5.41) is 0. The number of halogens is 1. The van der Waals surface area contributed by atoms with Crippen LogP contribution in [0, 0.1) is 0 Å². The van der Waals surface area contributed by atoms with Crippen LogP contribution < -0.4 is 10.5 Å². The molecule has 0 radical (unpaired) electrons. The van der Waals surface area contributed by atoms with E-state index in [9.17, 15) is 0 Å². The summed E-state index contributed by atoms with van der Waals surface area (Å²) in [6, 6.07) is 16.8. The van der Waals surface area contributed by atoms with Crippen molar-refractivity contribution in [3.05, 3.63) is 54.1 Å². The Morgan fingerprint density at radius 2 is 1.42 bits per heavy atom. The van der Waals surface area contributed by atoms with Crippen molar-refractivity contribution in [1.29, 1.82) is 0 Å². The van der Waals surface area contributed by atoms with Crippen LogP contribution in [0.25, 0.3) is 11.1 Å². The molecule has 2 N–H and O–H groups in total. The molecule has 2 nitrogen and oxygen atoms in total. The zero-order valence-corrected chi connectivity index (χ0v) is 12.0. The highest BCUT2D eigenvalue weighted by Gasteiger charge is 1.99. The van der Waals surface area contributed by atoms with Crippen LogP contribution in [-0.2, 0) is 6.42 Å². The minimum absolute atomic E-state index is 0. The Morgan fingerprint density at radius 1 is 0.895 bits per heavy atom. The largest absolute Gasteiger partial charge is 0.497 e. The SMILES string of the molecule is COc1ccc(-c2ccc(CCCN)cc2)cc1.Cl. The van der Waals surface area contributed by atoms with Crippen molar-refractivity contribution in [3.8, 4) is 16.9 Å². The number of nitrogens with two attached hydrogens (primary N) is 1. The van der Waals surface area contributed by atoms with Crippen LogP contribution in [0.15, 0.2) is 48.5 Å². The molecule has 0 amide bonds. The van der Waals surface area contributed by atoms with E-state index in [0.717, 1.165) is 25.1 Å². The second-order valence-corrected chi connectivity index (χ2v) is 4.32. The van der Waals surface area contributed by atoms with Crippen molar-refractivity contribution in [1.82, 2.24) is 0 Å². The zero-order valence-electron chi connectivity index (χ0n) is 11.1. The molecule has 2 aromatic carbocycles. The first-order chi connectivity index (χ1) is 8.83. The number of rotatable bonds is 5. The molecule has 0 bridgehead atoms. The number of aryl methyl sites for hydroxylation is 1. The van der Waals surface area contributed by atoms with Crippen LogP contribution >= 0.6 is 12.4 Å². The molecule has 0 heterocycles. The van der Waals surface area contributed by atoms with Gasteiger partial charge in [0.2, 0.25) is 0 Å². The Morgan fingerprint density at radius 3 is 1.89 bits per heavy atom. The van der Waals surface area contributed by atoms with E-state index in [1.807, 2.05) is 12.1 Å². The van der Waals surface area contributed by atoms with Crippen LogP contribution in [0.5, 0.6) is 5.75 Å². The zero-order chi connectivity index (χ0) is 12.8. The summed E-state index contributed by atoms with van der Waals surface area (Å²) in [4.78, 5) is 0. The molecule has 0 aromatic heterocycles. The number of hydrogen-bond acceptors (Lipinski definition) is 2. The quantitative estimate of drug-likeness (QED) is 0.905. The molecule has 0 fully saturated rings. The predicted molar refractivity (Wildman–Crippen MR) is 83.1 cm³/mol. The van der Waals surface area contributed by atoms with Gasteiger partial charge in [0.25, 0.3) is 0 Å². The van der Waals surface area contributed by atoms with E-state index in [4.69, 9.17) is 10.5 Å². The summed E-state index contributed by atoms with van der Waals surface area (Å²) in [6.07, 6.45) is 2.10. The van der Waals surface area contributed by atoms with Crippen LogP contribution in [0.1, 0.15) is 12.0 Å². The normalized spacial score (nSPS) is 9.79. The van der Waals surface area contributed by atoms with Gasteiger partial charge in [-0.05, 0) is 48.2 Å². The standard InChI is InChI=1S/C16H19NO.ClH/c1-18-16-10-8-15(9-11-16)14-6-4-13(5-7-14)3-2-12-17;/h4-11H,2-3,12,17H2,1H3;1H. The third-order valence-electron chi connectivity index (χ3n) is 3.05. The van der Waals surface area contributed by atoms with E-state index >= 15 is 0 Å². The van der Waals surface area contributed by atoms with E-state index in [1.165, 1.54) is 16.7 Å². The molecule has 2 rings (SSSR count). The summed E-state index contributed by atoms with van der Waals surface area (Å²) in [5.41, 5.74) is 9.30. The average molecular weight is 278 g/mol. The van der Waals surface area contributed by atoms with Gasteiger partial charge in [-0.2, -0.15) is 0 Å². The Bertz CT molecular complexity index is 479. The monoisotopic (exact) mass is 277 g/mol. The van der Waals surface area contributed by atoms with E-state index in [2.05, 4.69) is 36.4 Å². The van der Waals surface area contributed by atoms with Crippen LogP contribution in [0.2, 0.25) is 0 Å². The first kappa shape index (κ1) is 15.5. The van der Waals surface area contributed by atoms with Gasteiger partial charge in [-0.1, -0.05) is 36.4 Å². The second kappa shape index (κ2) is 7.82. The maximum absolute atomic E-state index is 5.51. The number of benzene rings is 2. The lowest BCUT2D eigenvalue weighted by Gasteiger charge is -2.05. The average Bonchev–Trinajstić information content (AvgIpc) is 2.46. The minimum Gasteiger partial charge on any atom is -0.497 e. The Labute approximate surface area is 121 Å². The second-order valence-electron chi connectivity index (χ2n) is 4.32. The highest BCUT2D eigenvalue weighted by Crippen LogP contribution is 2.22. The highest BCUT2D eigenvalue weighted by atomic mass is 35.5. The van der Waals surface area contributed by atoms with Gasteiger partial charge in [-0.3, -0.25) is 0 Å². The molecule has 0 saturated heterocycles. The number of hydrogen-bond donors (Lipinski definition) is 1. The summed E-state index contributed by atoms with van der Waals surface area (Å²) >= 11 is 0. The molecule has 0 aliphatic carbocycles. The summed E-state index contributed by atoms with van der Waals surface area (Å²) in [6.45, 7) is 0.750. The van der Waals surface area contributed by atoms with Gasteiger partial charge in [0, 0.05) is 0 Å². The Kier molecular flexibility index (Phi) is 6.40. The summed E-state index contributed by atoms with van der Waals surface area (Å²) < 4.78 is 5.16. The van der Waals surface area contributed by atoms with Crippen molar-refractivity contribution in [2.45, 2.75) is 12.8 Å². The molecule has 0 atom stereocenters. The van der Waals surface area contributed by atoms with Crippen molar-refractivity contribution in [2.24, 2.45) is 5.73 Å². The first-order valence-electron chi connectivity index (χ1n) is 6.27. The predicted octanol–water partition coefficient (Wildman–Crippen LogP) is 3.68. The lowest BCUT2D eigenvalue weighted by molar-refractivity contribution is 0.415. The van der Waals surface area contributed by atoms with Crippen molar-refractivity contribution >= 4 is 12.4 Å². The van der Waals surface area contributed by atoms with Gasteiger partial charge in [0.15, 0.2) is 0 Å². The highest BCUT2D eigenvalue weighted by molar-refractivity contribution is 5.85. The van der Waals surface area contributed by atoms with Crippen LogP contribution in [0.4, 0.5) is 0 Å². The van der Waals surface area contributed by atoms with Gasteiger partial charge < -0.3 is 10.5 Å². The van der Waals surface area contributed by atoms with Gasteiger partial charge in [0.1, 0.15) is 5.75 Å². The molecular formula is C16H20ClNO. The third kappa shape index (κ3) is 4.27. The summed E-state index contributed by atoms with van der Waals surface area (Å²) in [5.74, 6) is 0.887. The maximum Gasteiger partial charge on any atom is 0.118 e. The molecule has 0 saturated carbocycles. The van der Waals surface area contributed by atoms with Crippen molar-refractivity contribution in [2.75, 3.05) is 13.7 Å². The molecule has 2 aromatic rings. The molecule has 0 unspecified atom stereocenters.